The molecule has 0 aliphatic carbocycles. The molecule has 0 fully saturated rings. The largest absolute Gasteiger partial charge is 0.367 e. The summed E-state index contributed by atoms with van der Waals surface area (Å²) in [4.78, 5) is 29.5. The van der Waals surface area contributed by atoms with Crippen molar-refractivity contribution in [2.24, 2.45) is 0 Å². The Morgan fingerprint density at radius 1 is 1.13 bits per heavy atom. The van der Waals surface area contributed by atoms with Gasteiger partial charge in [-0.3, -0.25) is 14.7 Å². The van der Waals surface area contributed by atoms with Crippen LogP contribution in [0, 0.1) is 0 Å². The number of hydrogen-bond donors (Lipinski definition) is 3. The average Bonchev–Trinajstić information content (AvgIpc) is 3.19. The molecule has 0 bridgehead atoms. The summed E-state index contributed by atoms with van der Waals surface area (Å²) < 4.78 is 1.21. The van der Waals surface area contributed by atoms with Crippen LogP contribution < -0.4 is 16.6 Å². The predicted octanol–water partition coefficient (Wildman–Crippen LogP) is 1.56. The van der Waals surface area contributed by atoms with Crippen molar-refractivity contribution in [3.8, 4) is 0 Å². The van der Waals surface area contributed by atoms with Crippen molar-refractivity contribution < 1.29 is 4.79 Å². The molecule has 2 aromatic heterocycles. The fourth-order valence-corrected chi connectivity index (χ4v) is 3.31. The Hall–Kier alpha value is -4.01. The third kappa shape index (κ3) is 4.04. The van der Waals surface area contributed by atoms with Gasteiger partial charge in [0.25, 0.3) is 5.56 Å². The Labute approximate surface area is 171 Å². The van der Waals surface area contributed by atoms with E-state index in [1.54, 1.807) is 19.1 Å². The first-order valence-electron chi connectivity index (χ1n) is 9.51. The summed E-state index contributed by atoms with van der Waals surface area (Å²) in [6.07, 6.45) is 0.553. The molecule has 9 heteroatoms. The number of rotatable bonds is 6. The van der Waals surface area contributed by atoms with Gasteiger partial charge in [-0.05, 0) is 18.6 Å². The van der Waals surface area contributed by atoms with Crippen LogP contribution in [0.1, 0.15) is 30.0 Å². The van der Waals surface area contributed by atoms with Crippen LogP contribution in [-0.2, 0) is 17.8 Å². The molecule has 0 spiro atoms. The van der Waals surface area contributed by atoms with Gasteiger partial charge in [-0.15, -0.1) is 5.10 Å². The van der Waals surface area contributed by atoms with Crippen molar-refractivity contribution in [2.45, 2.75) is 25.9 Å². The zero-order valence-corrected chi connectivity index (χ0v) is 16.4. The van der Waals surface area contributed by atoms with Gasteiger partial charge < -0.3 is 11.1 Å². The Bertz CT molecular complexity index is 1250. The molecular formula is C21H21N7O2. The summed E-state index contributed by atoms with van der Waals surface area (Å²) in [6, 6.07) is 16.7. The molecule has 1 atom stereocenters. The molecule has 2 heterocycles. The van der Waals surface area contributed by atoms with Crippen molar-refractivity contribution in [3.05, 3.63) is 82.0 Å². The van der Waals surface area contributed by atoms with Crippen LogP contribution in [0.2, 0.25) is 0 Å². The fourth-order valence-electron chi connectivity index (χ4n) is 3.31. The van der Waals surface area contributed by atoms with E-state index in [0.29, 0.717) is 17.6 Å². The lowest BCUT2D eigenvalue weighted by Crippen LogP contribution is -2.35. The summed E-state index contributed by atoms with van der Waals surface area (Å²) in [7, 11) is 0. The van der Waals surface area contributed by atoms with Crippen molar-refractivity contribution in [1.29, 1.82) is 0 Å². The van der Waals surface area contributed by atoms with E-state index in [9.17, 15) is 9.59 Å². The van der Waals surface area contributed by atoms with Crippen LogP contribution in [0.5, 0.6) is 0 Å². The highest BCUT2D eigenvalue weighted by atomic mass is 16.2. The van der Waals surface area contributed by atoms with Gasteiger partial charge in [0.2, 0.25) is 11.9 Å². The first-order chi connectivity index (χ1) is 14.5. The van der Waals surface area contributed by atoms with Crippen LogP contribution in [0.4, 0.5) is 5.95 Å². The summed E-state index contributed by atoms with van der Waals surface area (Å²) in [6.45, 7) is 1.54. The number of fused-ring (bicyclic) bond motifs is 1. The van der Waals surface area contributed by atoms with E-state index >= 15 is 0 Å². The quantitative estimate of drug-likeness (QED) is 0.448. The molecule has 4 rings (SSSR count). The van der Waals surface area contributed by atoms with Gasteiger partial charge in [0.05, 0.1) is 17.1 Å². The maximum absolute atomic E-state index is 12.9. The van der Waals surface area contributed by atoms with Gasteiger partial charge in [-0.25, -0.2) is 4.68 Å². The summed E-state index contributed by atoms with van der Waals surface area (Å²) in [5, 5.41) is 15.0. The number of aromatic amines is 1. The SMILES string of the molecule is C[C@H](NC(=O)Cn1nc(Cc2ccccc2)c2ccccc2c1=O)c1nc(N)n[nH]1. The molecule has 0 unspecified atom stereocenters. The molecule has 0 radical (unpaired) electrons. The van der Waals surface area contributed by atoms with Crippen LogP contribution in [0.3, 0.4) is 0 Å². The Balaban J connectivity index is 1.62. The number of nitrogens with one attached hydrogen (secondary N) is 2. The molecule has 9 nitrogen and oxygen atoms in total. The first kappa shape index (κ1) is 19.3. The van der Waals surface area contributed by atoms with Gasteiger partial charge in [0.15, 0.2) is 0 Å². The molecule has 0 aliphatic heterocycles. The highest BCUT2D eigenvalue weighted by Crippen LogP contribution is 2.17. The average molecular weight is 403 g/mol. The molecule has 0 saturated carbocycles. The minimum Gasteiger partial charge on any atom is -0.367 e. The van der Waals surface area contributed by atoms with Crippen molar-refractivity contribution in [1.82, 2.24) is 30.3 Å². The van der Waals surface area contributed by atoms with E-state index < -0.39 is 6.04 Å². The van der Waals surface area contributed by atoms with Crippen LogP contribution >= 0.6 is 0 Å². The highest BCUT2D eigenvalue weighted by molar-refractivity contribution is 5.84. The normalized spacial score (nSPS) is 12.0. The maximum atomic E-state index is 12.9. The van der Waals surface area contributed by atoms with Gasteiger partial charge >= 0.3 is 0 Å². The second kappa shape index (κ2) is 8.16. The van der Waals surface area contributed by atoms with Crippen molar-refractivity contribution in [2.75, 3.05) is 5.73 Å². The van der Waals surface area contributed by atoms with Crippen molar-refractivity contribution >= 4 is 22.6 Å². The number of anilines is 1. The summed E-state index contributed by atoms with van der Waals surface area (Å²) in [5.41, 5.74) is 7.00. The van der Waals surface area contributed by atoms with E-state index in [1.165, 1.54) is 4.68 Å². The van der Waals surface area contributed by atoms with E-state index in [1.807, 2.05) is 42.5 Å². The number of H-pyrrole nitrogens is 1. The van der Waals surface area contributed by atoms with Gasteiger partial charge in [-0.2, -0.15) is 10.1 Å². The number of aromatic nitrogens is 5. The summed E-state index contributed by atoms with van der Waals surface area (Å²) in [5.74, 6) is 0.168. The van der Waals surface area contributed by atoms with Crippen LogP contribution in [0.15, 0.2) is 59.4 Å². The minimum atomic E-state index is -0.442. The number of carbonyl (C=O) groups is 1. The first-order valence-corrected chi connectivity index (χ1v) is 9.51. The standard InChI is InChI=1S/C21H21N7O2/c1-13(19-24-21(22)26-25-19)23-18(29)12-28-20(30)16-10-6-5-9-15(16)17(27-28)11-14-7-3-2-4-8-14/h2-10,13H,11-12H2,1H3,(H,23,29)(H3,22,24,25,26)/t13-/m0/s1. The highest BCUT2D eigenvalue weighted by Gasteiger charge is 2.16. The number of nitrogen functional groups attached to an aromatic ring is 1. The number of amides is 1. The molecular weight excluding hydrogens is 382 g/mol. The zero-order chi connectivity index (χ0) is 21.1. The number of carbonyl (C=O) groups excluding carboxylic acids is 1. The van der Waals surface area contributed by atoms with Gasteiger partial charge in [0, 0.05) is 11.8 Å². The second-order valence-corrected chi connectivity index (χ2v) is 6.99. The van der Waals surface area contributed by atoms with Crippen LogP contribution in [0.25, 0.3) is 10.8 Å². The fraction of sp³-hybridized carbons (Fsp3) is 0.190. The van der Waals surface area contributed by atoms with E-state index in [0.717, 1.165) is 16.6 Å². The molecule has 0 aliphatic rings. The Morgan fingerprint density at radius 3 is 2.53 bits per heavy atom. The topological polar surface area (TPSA) is 132 Å². The number of hydrogen-bond acceptors (Lipinski definition) is 6. The number of nitrogens with two attached hydrogens (primary N) is 1. The lowest BCUT2D eigenvalue weighted by molar-refractivity contribution is -0.122. The van der Waals surface area contributed by atoms with E-state index in [2.05, 4.69) is 25.6 Å². The zero-order valence-electron chi connectivity index (χ0n) is 16.4. The van der Waals surface area contributed by atoms with Gasteiger partial charge in [0.1, 0.15) is 12.4 Å². The minimum absolute atomic E-state index is 0.101. The van der Waals surface area contributed by atoms with E-state index in [4.69, 9.17) is 5.73 Å². The Morgan fingerprint density at radius 2 is 1.83 bits per heavy atom. The third-order valence-electron chi connectivity index (χ3n) is 4.76. The maximum Gasteiger partial charge on any atom is 0.275 e. The molecule has 4 aromatic rings. The predicted molar refractivity (Wildman–Crippen MR) is 113 cm³/mol. The molecule has 0 saturated heterocycles. The molecule has 2 aromatic carbocycles. The lowest BCUT2D eigenvalue weighted by atomic mass is 10.0. The molecule has 1 amide bonds. The third-order valence-corrected chi connectivity index (χ3v) is 4.76. The number of nitrogens with zero attached hydrogens (tertiary/aromatic N) is 4. The smallest absolute Gasteiger partial charge is 0.275 e. The molecule has 152 valence electrons. The monoisotopic (exact) mass is 403 g/mol. The number of benzene rings is 2. The van der Waals surface area contributed by atoms with E-state index in [-0.39, 0.29) is 24.0 Å². The van der Waals surface area contributed by atoms with Gasteiger partial charge in [-0.1, -0.05) is 48.5 Å². The Kier molecular flexibility index (Phi) is 5.25. The lowest BCUT2D eigenvalue weighted by Gasteiger charge is -2.13. The molecule has 30 heavy (non-hydrogen) atoms. The molecule has 4 N–H and O–H groups in total. The summed E-state index contributed by atoms with van der Waals surface area (Å²) >= 11 is 0. The van der Waals surface area contributed by atoms with Crippen molar-refractivity contribution in [3.63, 3.8) is 0 Å². The van der Waals surface area contributed by atoms with Crippen LogP contribution in [-0.4, -0.2) is 30.9 Å². The second-order valence-electron chi connectivity index (χ2n) is 6.99.